The molecule has 7 nitrogen and oxygen atoms in total. The summed E-state index contributed by atoms with van der Waals surface area (Å²) in [7, 11) is 0. The van der Waals surface area contributed by atoms with Gasteiger partial charge in [0.25, 0.3) is 5.91 Å². The van der Waals surface area contributed by atoms with Crippen molar-refractivity contribution in [2.45, 2.75) is 31.8 Å². The van der Waals surface area contributed by atoms with E-state index in [1.54, 1.807) is 31.2 Å². The molecule has 0 spiro atoms. The van der Waals surface area contributed by atoms with Crippen LogP contribution in [0, 0.1) is 0 Å². The van der Waals surface area contributed by atoms with Crippen LogP contribution in [-0.2, 0) is 16.1 Å². The molecule has 3 N–H and O–H groups in total. The number of hydrogen-bond donors (Lipinski definition) is 3. The molecule has 0 unspecified atom stereocenters. The first-order chi connectivity index (χ1) is 16.4. The summed E-state index contributed by atoms with van der Waals surface area (Å²) in [6, 6.07) is 22.6. The topological polar surface area (TPSA) is 105 Å². The van der Waals surface area contributed by atoms with Gasteiger partial charge in [-0.05, 0) is 46.9 Å². The van der Waals surface area contributed by atoms with Crippen LogP contribution in [0.25, 0.3) is 11.1 Å². The zero-order valence-corrected chi connectivity index (χ0v) is 18.8. The number of hydrogen-bond acceptors (Lipinski definition) is 4. The molecule has 3 aromatic carbocycles. The maximum atomic E-state index is 12.3. The first-order valence-corrected chi connectivity index (χ1v) is 11.1. The standard InChI is InChI=1S/C27H26N2O5/c1-17(14-25(30)31)29-26(32)19-12-10-18(11-13-19)15-28-27(33)34-16-24-22-8-4-2-6-20(22)21-7-3-5-9-23(21)24/h2-13,17,24H,14-16H2,1H3,(H,28,33)(H,29,32)(H,30,31)/t17-/m1/s1. The third-order valence-corrected chi connectivity index (χ3v) is 5.85. The van der Waals surface area contributed by atoms with Gasteiger partial charge < -0.3 is 20.5 Å². The van der Waals surface area contributed by atoms with Crippen LogP contribution in [0.15, 0.2) is 72.8 Å². The molecule has 1 aliphatic carbocycles. The second kappa shape index (κ2) is 10.2. The predicted octanol–water partition coefficient (Wildman–Crippen LogP) is 4.32. The Labute approximate surface area is 197 Å². The number of carboxylic acid groups (broad SMARTS) is 1. The van der Waals surface area contributed by atoms with Crippen LogP contribution in [0.5, 0.6) is 0 Å². The van der Waals surface area contributed by atoms with E-state index in [0.29, 0.717) is 5.56 Å². The maximum absolute atomic E-state index is 12.3. The Kier molecular flexibility index (Phi) is 6.92. The number of ether oxygens (including phenoxy) is 1. The van der Waals surface area contributed by atoms with E-state index in [0.717, 1.165) is 16.7 Å². The highest BCUT2D eigenvalue weighted by Gasteiger charge is 2.28. The van der Waals surface area contributed by atoms with E-state index >= 15 is 0 Å². The number of aliphatic carboxylic acids is 1. The van der Waals surface area contributed by atoms with E-state index in [1.165, 1.54) is 11.1 Å². The highest BCUT2D eigenvalue weighted by atomic mass is 16.5. The quantitative estimate of drug-likeness (QED) is 0.466. The van der Waals surface area contributed by atoms with Gasteiger partial charge in [0.15, 0.2) is 0 Å². The van der Waals surface area contributed by atoms with Gasteiger partial charge in [-0.1, -0.05) is 60.7 Å². The number of fused-ring (bicyclic) bond motifs is 3. The third-order valence-electron chi connectivity index (χ3n) is 5.85. The molecule has 0 saturated heterocycles. The largest absolute Gasteiger partial charge is 0.481 e. The van der Waals surface area contributed by atoms with Gasteiger partial charge in [-0.25, -0.2) is 4.79 Å². The molecular weight excluding hydrogens is 432 g/mol. The molecule has 0 heterocycles. The van der Waals surface area contributed by atoms with Crippen molar-refractivity contribution in [1.82, 2.24) is 10.6 Å². The lowest BCUT2D eigenvalue weighted by Crippen LogP contribution is -2.34. The summed E-state index contributed by atoms with van der Waals surface area (Å²) in [4.78, 5) is 35.3. The summed E-state index contributed by atoms with van der Waals surface area (Å²) in [5.74, 6) is -1.31. The highest BCUT2D eigenvalue weighted by molar-refractivity contribution is 5.94. The summed E-state index contributed by atoms with van der Waals surface area (Å²) in [5, 5.41) is 14.2. The molecule has 4 rings (SSSR count). The molecule has 2 amide bonds. The fraction of sp³-hybridized carbons (Fsp3) is 0.222. The van der Waals surface area contributed by atoms with Crippen molar-refractivity contribution in [3.8, 4) is 11.1 Å². The lowest BCUT2D eigenvalue weighted by molar-refractivity contribution is -0.137. The van der Waals surface area contributed by atoms with E-state index in [-0.39, 0.29) is 31.4 Å². The van der Waals surface area contributed by atoms with Crippen LogP contribution in [-0.4, -0.2) is 35.7 Å². The zero-order valence-electron chi connectivity index (χ0n) is 18.8. The average Bonchev–Trinajstić information content (AvgIpc) is 3.15. The third kappa shape index (κ3) is 5.26. The van der Waals surface area contributed by atoms with Gasteiger partial charge in [-0.3, -0.25) is 9.59 Å². The van der Waals surface area contributed by atoms with Crippen LogP contribution in [0.3, 0.4) is 0 Å². The molecule has 3 aromatic rings. The van der Waals surface area contributed by atoms with Gasteiger partial charge in [0.2, 0.25) is 0 Å². The van der Waals surface area contributed by atoms with Gasteiger partial charge in [0.1, 0.15) is 6.61 Å². The van der Waals surface area contributed by atoms with E-state index in [1.807, 2.05) is 24.3 Å². The number of nitrogens with one attached hydrogen (secondary N) is 2. The fourth-order valence-electron chi connectivity index (χ4n) is 4.22. The van der Waals surface area contributed by atoms with E-state index in [9.17, 15) is 14.4 Å². The molecule has 0 aromatic heterocycles. The molecule has 0 bridgehead atoms. The second-order valence-electron chi connectivity index (χ2n) is 8.35. The van der Waals surface area contributed by atoms with E-state index in [2.05, 4.69) is 34.9 Å². The molecular formula is C27H26N2O5. The Morgan fingerprint density at radius 2 is 1.50 bits per heavy atom. The summed E-state index contributed by atoms with van der Waals surface area (Å²) >= 11 is 0. The van der Waals surface area contributed by atoms with Crippen LogP contribution in [0.1, 0.15) is 46.3 Å². The zero-order chi connectivity index (χ0) is 24.1. The summed E-state index contributed by atoms with van der Waals surface area (Å²) in [6.07, 6.45) is -0.653. The van der Waals surface area contributed by atoms with Gasteiger partial charge in [-0.2, -0.15) is 0 Å². The second-order valence-corrected chi connectivity index (χ2v) is 8.35. The van der Waals surface area contributed by atoms with E-state index < -0.39 is 18.1 Å². The maximum Gasteiger partial charge on any atom is 0.407 e. The van der Waals surface area contributed by atoms with Gasteiger partial charge >= 0.3 is 12.1 Å². The Morgan fingerprint density at radius 1 is 0.912 bits per heavy atom. The lowest BCUT2D eigenvalue weighted by Gasteiger charge is -2.15. The van der Waals surface area contributed by atoms with Crippen LogP contribution < -0.4 is 10.6 Å². The van der Waals surface area contributed by atoms with Gasteiger partial charge in [-0.15, -0.1) is 0 Å². The Morgan fingerprint density at radius 3 is 2.09 bits per heavy atom. The molecule has 0 saturated carbocycles. The van der Waals surface area contributed by atoms with E-state index in [4.69, 9.17) is 9.84 Å². The lowest BCUT2D eigenvalue weighted by atomic mass is 9.98. The number of alkyl carbamates (subject to hydrolysis) is 1. The summed E-state index contributed by atoms with van der Waals surface area (Å²) < 4.78 is 5.54. The van der Waals surface area contributed by atoms with Crippen molar-refractivity contribution in [1.29, 1.82) is 0 Å². The number of carbonyl (C=O) groups excluding carboxylic acids is 2. The van der Waals surface area contributed by atoms with Crippen LogP contribution >= 0.6 is 0 Å². The summed E-state index contributed by atoms with van der Waals surface area (Å²) in [5.41, 5.74) is 5.89. The molecule has 0 fully saturated rings. The molecule has 34 heavy (non-hydrogen) atoms. The minimum absolute atomic E-state index is 0.000496. The van der Waals surface area contributed by atoms with Crippen molar-refractivity contribution < 1.29 is 24.2 Å². The molecule has 0 radical (unpaired) electrons. The Hall–Kier alpha value is -4.13. The Balaban J connectivity index is 1.29. The molecule has 1 atom stereocenters. The monoisotopic (exact) mass is 458 g/mol. The number of carbonyl (C=O) groups is 3. The minimum atomic E-state index is -0.970. The number of rotatable bonds is 8. The predicted molar refractivity (Wildman–Crippen MR) is 128 cm³/mol. The summed E-state index contributed by atoms with van der Waals surface area (Å²) in [6.45, 7) is 2.14. The van der Waals surface area contributed by atoms with Gasteiger partial charge in [0.05, 0.1) is 6.42 Å². The molecule has 7 heteroatoms. The van der Waals surface area contributed by atoms with Crippen molar-refractivity contribution in [2.24, 2.45) is 0 Å². The Bertz CT molecular complexity index is 1160. The van der Waals surface area contributed by atoms with Crippen molar-refractivity contribution in [3.63, 3.8) is 0 Å². The average molecular weight is 459 g/mol. The molecule has 1 aliphatic rings. The number of amides is 2. The fourth-order valence-corrected chi connectivity index (χ4v) is 4.22. The normalized spacial score (nSPS) is 12.9. The molecule has 0 aliphatic heterocycles. The van der Waals surface area contributed by atoms with Crippen molar-refractivity contribution in [2.75, 3.05) is 6.61 Å². The minimum Gasteiger partial charge on any atom is -0.481 e. The van der Waals surface area contributed by atoms with Crippen LogP contribution in [0.2, 0.25) is 0 Å². The smallest absolute Gasteiger partial charge is 0.407 e. The van der Waals surface area contributed by atoms with Gasteiger partial charge in [0, 0.05) is 24.1 Å². The molecule has 174 valence electrons. The SMILES string of the molecule is C[C@H](CC(=O)O)NC(=O)c1ccc(CNC(=O)OCC2c3ccccc3-c3ccccc32)cc1. The first kappa shape index (κ1) is 23.0. The highest BCUT2D eigenvalue weighted by Crippen LogP contribution is 2.44. The number of benzene rings is 3. The van der Waals surface area contributed by atoms with Crippen molar-refractivity contribution >= 4 is 18.0 Å². The van der Waals surface area contributed by atoms with Crippen LogP contribution in [0.4, 0.5) is 4.79 Å². The van der Waals surface area contributed by atoms with Crippen molar-refractivity contribution in [3.05, 3.63) is 95.1 Å². The first-order valence-electron chi connectivity index (χ1n) is 11.1. The number of carboxylic acids is 1.